The maximum Gasteiger partial charge on any atom is 0.417 e. The molecule has 0 spiro atoms. The number of nitrogens with one attached hydrogen (secondary N) is 1. The normalized spacial score (nSPS) is 12.8. The van der Waals surface area contributed by atoms with E-state index in [0.717, 1.165) is 24.3 Å². The first-order valence-electron chi connectivity index (χ1n) is 6.33. The molecule has 0 fully saturated rings. The van der Waals surface area contributed by atoms with E-state index in [9.17, 15) is 30.0 Å². The first-order chi connectivity index (χ1) is 11.3. The minimum absolute atomic E-state index is 0.185. The Morgan fingerprint density at radius 1 is 0.960 bits per heavy atom. The Morgan fingerprint density at radius 2 is 1.60 bits per heavy atom. The average Bonchev–Trinajstić information content (AvgIpc) is 2.45. The van der Waals surface area contributed by atoms with E-state index in [2.05, 4.69) is 0 Å². The molecule has 25 heavy (non-hydrogen) atoms. The number of hydrogen-bond donors (Lipinski definition) is 2. The summed E-state index contributed by atoms with van der Waals surface area (Å²) in [5.74, 6) is 0. The van der Waals surface area contributed by atoms with Gasteiger partial charge in [-0.1, -0.05) is 17.7 Å². The Balaban J connectivity index is 2.44. The molecule has 0 unspecified atom stereocenters. The van der Waals surface area contributed by atoms with E-state index in [1.165, 1.54) is 12.1 Å². The predicted molar refractivity (Wildman–Crippen MR) is 85.1 cm³/mol. The average molecular weight is 415 g/mol. The zero-order valence-electron chi connectivity index (χ0n) is 12.1. The maximum atomic E-state index is 12.8. The number of hydrogen-bond acceptors (Lipinski definition) is 4. The number of sulfonamides is 2. The summed E-state index contributed by atoms with van der Waals surface area (Å²) < 4.78 is 87.6. The highest BCUT2D eigenvalue weighted by molar-refractivity contribution is 7.92. The fourth-order valence-electron chi connectivity index (χ4n) is 1.84. The highest BCUT2D eigenvalue weighted by atomic mass is 35.5. The van der Waals surface area contributed by atoms with Gasteiger partial charge in [0.05, 0.1) is 26.1 Å². The highest BCUT2D eigenvalue weighted by Gasteiger charge is 2.34. The summed E-state index contributed by atoms with van der Waals surface area (Å²) in [5, 5.41) is 4.29. The van der Waals surface area contributed by atoms with Crippen LogP contribution in [0, 0.1) is 0 Å². The van der Waals surface area contributed by atoms with Crippen molar-refractivity contribution >= 4 is 37.3 Å². The Hall–Kier alpha value is -1.82. The zero-order valence-corrected chi connectivity index (χ0v) is 14.5. The number of halogens is 4. The van der Waals surface area contributed by atoms with Gasteiger partial charge >= 0.3 is 6.18 Å². The quantitative estimate of drug-likeness (QED) is 0.802. The van der Waals surface area contributed by atoms with Gasteiger partial charge in [-0.25, -0.2) is 22.0 Å². The van der Waals surface area contributed by atoms with Gasteiger partial charge in [-0.05, 0) is 36.4 Å². The molecule has 0 atom stereocenters. The Kier molecular flexibility index (Phi) is 5.06. The molecule has 0 aliphatic heterocycles. The standard InChI is InChI=1S/C13H10ClF3N2O4S2/c14-12-5-4-10(7-11(12)13(15,16)17)25(22,23)19-8-2-1-3-9(6-8)24(18,20)21/h1-7,19H,(H2,18,20,21). The van der Waals surface area contributed by atoms with Crippen molar-refractivity contribution in [3.63, 3.8) is 0 Å². The van der Waals surface area contributed by atoms with Crippen LogP contribution in [0.25, 0.3) is 0 Å². The van der Waals surface area contributed by atoms with Crippen molar-refractivity contribution in [2.24, 2.45) is 5.14 Å². The summed E-state index contributed by atoms with van der Waals surface area (Å²) in [6, 6.07) is 6.59. The first kappa shape index (κ1) is 19.5. The number of anilines is 1. The van der Waals surface area contributed by atoms with Crippen LogP contribution in [-0.4, -0.2) is 16.8 Å². The molecule has 0 saturated carbocycles. The van der Waals surface area contributed by atoms with Crippen LogP contribution >= 0.6 is 11.6 Å². The monoisotopic (exact) mass is 414 g/mol. The molecule has 0 heterocycles. The van der Waals surface area contributed by atoms with E-state index in [4.69, 9.17) is 16.7 Å². The van der Waals surface area contributed by atoms with Crippen LogP contribution in [0.1, 0.15) is 5.56 Å². The van der Waals surface area contributed by atoms with E-state index in [1.807, 2.05) is 4.72 Å². The number of alkyl halides is 3. The van der Waals surface area contributed by atoms with Crippen molar-refractivity contribution in [2.45, 2.75) is 16.0 Å². The third-order valence-corrected chi connectivity index (χ3v) is 5.59. The van der Waals surface area contributed by atoms with Crippen molar-refractivity contribution in [3.8, 4) is 0 Å². The smallest absolute Gasteiger partial charge is 0.280 e. The van der Waals surface area contributed by atoms with Crippen molar-refractivity contribution < 1.29 is 30.0 Å². The summed E-state index contributed by atoms with van der Waals surface area (Å²) in [4.78, 5) is -1.05. The minimum Gasteiger partial charge on any atom is -0.280 e. The van der Waals surface area contributed by atoms with Crippen molar-refractivity contribution in [2.75, 3.05) is 4.72 Å². The van der Waals surface area contributed by atoms with Crippen LogP contribution in [0.4, 0.5) is 18.9 Å². The summed E-state index contributed by atoms with van der Waals surface area (Å²) in [7, 11) is -8.50. The van der Waals surface area contributed by atoms with E-state index in [0.29, 0.717) is 6.07 Å². The summed E-state index contributed by atoms with van der Waals surface area (Å²) in [6.07, 6.45) is -4.84. The number of benzene rings is 2. The molecule has 0 radical (unpaired) electrons. The van der Waals surface area contributed by atoms with E-state index >= 15 is 0 Å². The first-order valence-corrected chi connectivity index (χ1v) is 9.74. The van der Waals surface area contributed by atoms with Crippen LogP contribution in [0.5, 0.6) is 0 Å². The van der Waals surface area contributed by atoms with Gasteiger partial charge < -0.3 is 0 Å². The second-order valence-corrected chi connectivity index (χ2v) is 8.47. The second kappa shape index (κ2) is 6.48. The lowest BCUT2D eigenvalue weighted by Crippen LogP contribution is -2.16. The summed E-state index contributed by atoms with van der Waals surface area (Å²) in [5.41, 5.74) is -1.50. The summed E-state index contributed by atoms with van der Waals surface area (Å²) >= 11 is 5.45. The van der Waals surface area contributed by atoms with E-state index in [1.54, 1.807) is 0 Å². The molecule has 0 bridgehead atoms. The minimum atomic E-state index is -4.84. The third-order valence-electron chi connectivity index (χ3n) is 2.97. The lowest BCUT2D eigenvalue weighted by Gasteiger charge is -2.13. The Bertz CT molecular complexity index is 1020. The molecule has 3 N–H and O–H groups in total. The summed E-state index contributed by atoms with van der Waals surface area (Å²) in [6.45, 7) is 0. The molecule has 6 nitrogen and oxygen atoms in total. The van der Waals surface area contributed by atoms with Crippen molar-refractivity contribution in [1.82, 2.24) is 0 Å². The largest absolute Gasteiger partial charge is 0.417 e. The van der Waals surface area contributed by atoms with Gasteiger partial charge in [0, 0.05) is 0 Å². The van der Waals surface area contributed by atoms with Gasteiger partial charge in [0.1, 0.15) is 0 Å². The van der Waals surface area contributed by atoms with Crippen LogP contribution in [-0.2, 0) is 26.2 Å². The fraction of sp³-hybridized carbons (Fsp3) is 0.0769. The lowest BCUT2D eigenvalue weighted by atomic mass is 10.2. The fourth-order valence-corrected chi connectivity index (χ4v) is 3.70. The molecule has 0 aliphatic rings. The molecule has 2 aromatic rings. The molecule has 0 aromatic heterocycles. The van der Waals surface area contributed by atoms with Gasteiger partial charge in [-0.2, -0.15) is 13.2 Å². The Labute approximate surface area is 146 Å². The third kappa shape index (κ3) is 4.63. The number of nitrogens with two attached hydrogens (primary N) is 1. The van der Waals surface area contributed by atoms with E-state index in [-0.39, 0.29) is 10.6 Å². The topological polar surface area (TPSA) is 106 Å². The van der Waals surface area contributed by atoms with E-state index < -0.39 is 41.7 Å². The van der Waals surface area contributed by atoms with Gasteiger partial charge in [-0.15, -0.1) is 0 Å². The molecule has 0 aliphatic carbocycles. The molecule has 136 valence electrons. The molecular weight excluding hydrogens is 405 g/mol. The van der Waals surface area contributed by atoms with Crippen LogP contribution < -0.4 is 9.86 Å². The molecule has 2 aromatic carbocycles. The van der Waals surface area contributed by atoms with Crippen LogP contribution in [0.15, 0.2) is 52.3 Å². The molecule has 0 amide bonds. The lowest BCUT2D eigenvalue weighted by molar-refractivity contribution is -0.137. The Morgan fingerprint density at radius 3 is 2.16 bits per heavy atom. The van der Waals surface area contributed by atoms with Crippen LogP contribution in [0.3, 0.4) is 0 Å². The molecule has 0 saturated heterocycles. The maximum absolute atomic E-state index is 12.8. The van der Waals surface area contributed by atoms with Gasteiger partial charge in [0.25, 0.3) is 10.0 Å². The number of rotatable bonds is 4. The molecule has 2 rings (SSSR count). The van der Waals surface area contributed by atoms with Gasteiger partial charge in [-0.3, -0.25) is 4.72 Å². The zero-order chi connectivity index (χ0) is 19.0. The van der Waals surface area contributed by atoms with Crippen molar-refractivity contribution in [3.05, 3.63) is 53.1 Å². The van der Waals surface area contributed by atoms with Gasteiger partial charge in [0.2, 0.25) is 10.0 Å². The number of primary sulfonamides is 1. The SMILES string of the molecule is NS(=O)(=O)c1cccc(NS(=O)(=O)c2ccc(Cl)c(C(F)(F)F)c2)c1. The van der Waals surface area contributed by atoms with Crippen molar-refractivity contribution in [1.29, 1.82) is 0 Å². The van der Waals surface area contributed by atoms with Gasteiger partial charge in [0.15, 0.2) is 0 Å². The molecule has 12 heteroatoms. The molecular formula is C13H10ClF3N2O4S2. The highest BCUT2D eigenvalue weighted by Crippen LogP contribution is 2.36. The second-order valence-electron chi connectivity index (χ2n) is 4.82. The predicted octanol–water partition coefficient (Wildman–Crippen LogP) is 2.81. The van der Waals surface area contributed by atoms with Crippen LogP contribution in [0.2, 0.25) is 5.02 Å².